The molecule has 2 nitrogen and oxygen atoms in total. The van der Waals surface area contributed by atoms with Gasteiger partial charge in [0.05, 0.1) is 0 Å². The second-order valence-corrected chi connectivity index (χ2v) is 4.30. The fraction of sp³-hybridized carbons (Fsp3) is 0.583. The van der Waals surface area contributed by atoms with Crippen LogP contribution in [0.4, 0.5) is 5.82 Å². The largest absolute Gasteiger partial charge is 0.384 e. The Morgan fingerprint density at radius 1 is 1.20 bits per heavy atom. The van der Waals surface area contributed by atoms with Crippen LogP contribution in [0.5, 0.6) is 0 Å². The first-order chi connectivity index (χ1) is 6.84. The molecule has 1 aliphatic rings. The maximum Gasteiger partial charge on any atom is 0.123 e. The van der Waals surface area contributed by atoms with Crippen molar-refractivity contribution in [3.63, 3.8) is 0 Å². The van der Waals surface area contributed by atoms with E-state index in [-0.39, 0.29) is 12.4 Å². The summed E-state index contributed by atoms with van der Waals surface area (Å²) >= 11 is 0. The van der Waals surface area contributed by atoms with Crippen molar-refractivity contribution in [2.45, 2.75) is 38.5 Å². The summed E-state index contributed by atoms with van der Waals surface area (Å²) in [6, 6.07) is 4.01. The Morgan fingerprint density at radius 3 is 2.53 bits per heavy atom. The van der Waals surface area contributed by atoms with Gasteiger partial charge in [-0.15, -0.1) is 12.4 Å². The van der Waals surface area contributed by atoms with Crippen LogP contribution in [0.15, 0.2) is 18.3 Å². The summed E-state index contributed by atoms with van der Waals surface area (Å²) in [5.41, 5.74) is 6.89. The number of aromatic nitrogens is 1. The van der Waals surface area contributed by atoms with Crippen LogP contribution in [0, 0.1) is 5.92 Å². The first-order valence-electron chi connectivity index (χ1n) is 5.55. The lowest BCUT2D eigenvalue weighted by Crippen LogP contribution is -2.09. The van der Waals surface area contributed by atoms with Gasteiger partial charge in [0, 0.05) is 6.20 Å². The fourth-order valence-corrected chi connectivity index (χ4v) is 2.28. The molecule has 1 aromatic heterocycles. The van der Waals surface area contributed by atoms with Crippen molar-refractivity contribution in [1.82, 2.24) is 4.98 Å². The molecular weight excluding hydrogens is 208 g/mol. The van der Waals surface area contributed by atoms with E-state index >= 15 is 0 Å². The molecule has 1 aromatic rings. The van der Waals surface area contributed by atoms with Gasteiger partial charge in [0.2, 0.25) is 0 Å². The van der Waals surface area contributed by atoms with Gasteiger partial charge in [0.25, 0.3) is 0 Å². The van der Waals surface area contributed by atoms with E-state index in [1.165, 1.54) is 44.1 Å². The first-order valence-corrected chi connectivity index (χ1v) is 5.55. The van der Waals surface area contributed by atoms with Gasteiger partial charge >= 0.3 is 0 Å². The summed E-state index contributed by atoms with van der Waals surface area (Å²) < 4.78 is 0. The lowest BCUT2D eigenvalue weighted by atomic mass is 9.85. The van der Waals surface area contributed by atoms with E-state index in [4.69, 9.17) is 5.73 Å². The Balaban J connectivity index is 0.00000112. The average Bonchev–Trinajstić information content (AvgIpc) is 2.23. The number of halogens is 1. The van der Waals surface area contributed by atoms with Crippen LogP contribution < -0.4 is 5.73 Å². The van der Waals surface area contributed by atoms with Gasteiger partial charge in [-0.2, -0.15) is 0 Å². The molecule has 84 valence electrons. The van der Waals surface area contributed by atoms with Crippen LogP contribution in [0.3, 0.4) is 0 Å². The highest BCUT2D eigenvalue weighted by atomic mass is 35.5. The SMILES string of the molecule is Cl.Nc1ccc(CC2CCCCC2)cn1. The van der Waals surface area contributed by atoms with E-state index in [0.29, 0.717) is 5.82 Å². The molecule has 0 amide bonds. The molecule has 0 unspecified atom stereocenters. The molecule has 0 spiro atoms. The minimum Gasteiger partial charge on any atom is -0.384 e. The van der Waals surface area contributed by atoms with Gasteiger partial charge in [-0.1, -0.05) is 38.2 Å². The maximum atomic E-state index is 5.55. The third kappa shape index (κ3) is 3.71. The molecule has 0 atom stereocenters. The highest BCUT2D eigenvalue weighted by Crippen LogP contribution is 2.26. The second-order valence-electron chi connectivity index (χ2n) is 4.30. The molecular formula is C12H19ClN2. The van der Waals surface area contributed by atoms with Crippen molar-refractivity contribution in [2.75, 3.05) is 5.73 Å². The third-order valence-electron chi connectivity index (χ3n) is 3.10. The first kappa shape index (κ1) is 12.3. The van der Waals surface area contributed by atoms with Crippen LogP contribution in [0.2, 0.25) is 0 Å². The monoisotopic (exact) mass is 226 g/mol. The highest BCUT2D eigenvalue weighted by Gasteiger charge is 2.13. The van der Waals surface area contributed by atoms with Gasteiger partial charge in [-0.05, 0) is 24.0 Å². The van der Waals surface area contributed by atoms with Gasteiger partial charge in [-0.25, -0.2) is 4.98 Å². The zero-order chi connectivity index (χ0) is 9.80. The van der Waals surface area contributed by atoms with Gasteiger partial charge in [0.1, 0.15) is 5.82 Å². The summed E-state index contributed by atoms with van der Waals surface area (Å²) in [5.74, 6) is 1.51. The number of hydrogen-bond donors (Lipinski definition) is 1. The Kier molecular flexibility index (Phi) is 4.89. The van der Waals surface area contributed by atoms with Crippen molar-refractivity contribution < 1.29 is 0 Å². The molecule has 1 aliphatic carbocycles. The predicted octanol–water partition coefficient (Wildman–Crippen LogP) is 3.21. The van der Waals surface area contributed by atoms with E-state index in [9.17, 15) is 0 Å². The predicted molar refractivity (Wildman–Crippen MR) is 66.2 cm³/mol. The van der Waals surface area contributed by atoms with Crippen molar-refractivity contribution >= 4 is 18.2 Å². The summed E-state index contributed by atoms with van der Waals surface area (Å²) in [7, 11) is 0. The number of pyridine rings is 1. The zero-order valence-corrected chi connectivity index (χ0v) is 9.80. The zero-order valence-electron chi connectivity index (χ0n) is 8.98. The van der Waals surface area contributed by atoms with Gasteiger partial charge in [0.15, 0.2) is 0 Å². The van der Waals surface area contributed by atoms with E-state index < -0.39 is 0 Å². The smallest absolute Gasteiger partial charge is 0.123 e. The minimum absolute atomic E-state index is 0. The van der Waals surface area contributed by atoms with E-state index in [2.05, 4.69) is 11.1 Å². The van der Waals surface area contributed by atoms with E-state index in [0.717, 1.165) is 5.92 Å². The standard InChI is InChI=1S/C12H18N2.ClH/c13-12-7-6-11(9-14-12)8-10-4-2-1-3-5-10;/h6-7,9-10H,1-5,8H2,(H2,13,14);1H. The number of hydrogen-bond acceptors (Lipinski definition) is 2. The molecule has 1 fully saturated rings. The minimum atomic E-state index is 0. The molecule has 0 bridgehead atoms. The van der Waals surface area contributed by atoms with Crippen molar-refractivity contribution in [1.29, 1.82) is 0 Å². The van der Waals surface area contributed by atoms with Crippen LogP contribution in [-0.4, -0.2) is 4.98 Å². The van der Waals surface area contributed by atoms with Crippen molar-refractivity contribution in [3.8, 4) is 0 Å². The molecule has 3 heteroatoms. The molecule has 1 heterocycles. The number of nitrogen functional groups attached to an aromatic ring is 1. The summed E-state index contributed by atoms with van der Waals surface area (Å²) in [4.78, 5) is 4.12. The van der Waals surface area contributed by atoms with Crippen LogP contribution in [-0.2, 0) is 6.42 Å². The lowest BCUT2D eigenvalue weighted by molar-refractivity contribution is 0.356. The normalized spacial score (nSPS) is 17.1. The number of anilines is 1. The Morgan fingerprint density at radius 2 is 1.93 bits per heavy atom. The molecule has 2 rings (SSSR count). The van der Waals surface area contributed by atoms with Crippen molar-refractivity contribution in [3.05, 3.63) is 23.9 Å². The van der Waals surface area contributed by atoms with E-state index in [1.54, 1.807) is 0 Å². The summed E-state index contributed by atoms with van der Waals surface area (Å²) in [6.45, 7) is 0. The molecule has 2 N–H and O–H groups in total. The molecule has 1 saturated carbocycles. The number of rotatable bonds is 2. The molecule has 0 saturated heterocycles. The topological polar surface area (TPSA) is 38.9 Å². The highest BCUT2D eigenvalue weighted by molar-refractivity contribution is 5.85. The van der Waals surface area contributed by atoms with Crippen LogP contribution in [0.1, 0.15) is 37.7 Å². The molecule has 0 aliphatic heterocycles. The maximum absolute atomic E-state index is 5.55. The average molecular weight is 227 g/mol. The van der Waals surface area contributed by atoms with Crippen LogP contribution >= 0.6 is 12.4 Å². The molecule has 15 heavy (non-hydrogen) atoms. The van der Waals surface area contributed by atoms with Crippen molar-refractivity contribution in [2.24, 2.45) is 5.92 Å². The fourth-order valence-electron chi connectivity index (χ4n) is 2.28. The van der Waals surface area contributed by atoms with Crippen LogP contribution in [0.25, 0.3) is 0 Å². The quantitative estimate of drug-likeness (QED) is 0.841. The summed E-state index contributed by atoms with van der Waals surface area (Å²) in [5, 5.41) is 0. The van der Waals surface area contributed by atoms with E-state index in [1.807, 2.05) is 12.3 Å². The third-order valence-corrected chi connectivity index (χ3v) is 3.10. The van der Waals surface area contributed by atoms with Gasteiger partial charge in [-0.3, -0.25) is 0 Å². The van der Waals surface area contributed by atoms with Gasteiger partial charge < -0.3 is 5.73 Å². The lowest BCUT2D eigenvalue weighted by Gasteiger charge is -2.21. The number of nitrogens with two attached hydrogens (primary N) is 1. The number of nitrogens with zero attached hydrogens (tertiary/aromatic N) is 1. The summed E-state index contributed by atoms with van der Waals surface area (Å²) in [6.07, 6.45) is 10.1. The Hall–Kier alpha value is -0.760. The Labute approximate surface area is 97.7 Å². The second kappa shape index (κ2) is 5.96. The molecule has 0 aromatic carbocycles. The Bertz CT molecular complexity index is 278. The molecule has 0 radical (unpaired) electrons.